The molecule has 0 radical (unpaired) electrons. The van der Waals surface area contributed by atoms with Gasteiger partial charge in [-0.1, -0.05) is 159 Å². The second-order valence-corrected chi connectivity index (χ2v) is 12.9. The van der Waals surface area contributed by atoms with Crippen LogP contribution in [0.1, 0.15) is 34.7 Å². The molecule has 0 spiro atoms. The first-order valence-electron chi connectivity index (χ1n) is 16.6. The largest absolute Gasteiger partial charge is 0.329 e. The van der Waals surface area contributed by atoms with Gasteiger partial charge in [0, 0.05) is 12.0 Å². The minimum Gasteiger partial charge on any atom is -0.329 e. The van der Waals surface area contributed by atoms with Gasteiger partial charge in [-0.15, -0.1) is 0 Å². The van der Waals surface area contributed by atoms with E-state index in [-0.39, 0.29) is 5.92 Å². The smallest absolute Gasteiger partial charge is 0.0385 e. The van der Waals surface area contributed by atoms with Gasteiger partial charge in [0.2, 0.25) is 0 Å². The first-order valence-corrected chi connectivity index (χ1v) is 16.6. The molecule has 7 rings (SSSR count). The summed E-state index contributed by atoms with van der Waals surface area (Å²) in [5.41, 5.74) is 16.2. The Morgan fingerprint density at radius 1 is 0.596 bits per heavy atom. The number of hydrogen-bond donors (Lipinski definition) is 1. The number of allylic oxidation sites excluding steroid dienone is 3. The molecular weight excluding hydrogens is 567 g/mol. The Bertz CT molecular complexity index is 2260. The van der Waals surface area contributed by atoms with Gasteiger partial charge in [-0.2, -0.15) is 0 Å². The predicted molar refractivity (Wildman–Crippen MR) is 204 cm³/mol. The van der Waals surface area contributed by atoms with Gasteiger partial charge in [0.25, 0.3) is 0 Å². The average molecular weight is 608 g/mol. The van der Waals surface area contributed by atoms with E-state index < -0.39 is 5.41 Å². The SMILES string of the molecule is C=C/C(=C\C(C)C(CN)(c1ccccc1)c1ccc(-c2ccccc2C)c(C)c1)c1ccc2c3ccccc3c3ccccc3c2c1. The molecule has 47 heavy (non-hydrogen) atoms. The lowest BCUT2D eigenvalue weighted by Gasteiger charge is -2.39. The number of benzene rings is 7. The zero-order chi connectivity index (χ0) is 32.5. The first kappa shape index (κ1) is 30.4. The Morgan fingerprint density at radius 3 is 1.74 bits per heavy atom. The summed E-state index contributed by atoms with van der Waals surface area (Å²) in [7, 11) is 0. The van der Waals surface area contributed by atoms with Gasteiger partial charge < -0.3 is 5.73 Å². The van der Waals surface area contributed by atoms with E-state index in [0.717, 1.165) is 11.1 Å². The van der Waals surface area contributed by atoms with Crippen molar-refractivity contribution >= 4 is 37.9 Å². The second kappa shape index (κ2) is 12.5. The molecule has 0 fully saturated rings. The van der Waals surface area contributed by atoms with E-state index in [1.807, 2.05) is 6.08 Å². The normalized spacial score (nSPS) is 13.9. The van der Waals surface area contributed by atoms with E-state index in [1.54, 1.807) is 0 Å². The van der Waals surface area contributed by atoms with E-state index in [0.29, 0.717) is 6.54 Å². The monoisotopic (exact) mass is 607 g/mol. The molecule has 2 unspecified atom stereocenters. The van der Waals surface area contributed by atoms with E-state index in [1.165, 1.54) is 65.7 Å². The summed E-state index contributed by atoms with van der Waals surface area (Å²) in [5.74, 6) is 0.0654. The summed E-state index contributed by atoms with van der Waals surface area (Å²) in [6.07, 6.45) is 4.38. The maximum atomic E-state index is 6.89. The number of fused-ring (bicyclic) bond motifs is 6. The molecule has 2 N–H and O–H groups in total. The van der Waals surface area contributed by atoms with Crippen molar-refractivity contribution in [1.29, 1.82) is 0 Å². The molecule has 0 aliphatic rings. The molecule has 7 aromatic rings. The summed E-state index contributed by atoms with van der Waals surface area (Å²) in [4.78, 5) is 0. The fraction of sp³-hybridized carbons (Fsp3) is 0.130. The predicted octanol–water partition coefficient (Wildman–Crippen LogP) is 11.6. The second-order valence-electron chi connectivity index (χ2n) is 12.9. The van der Waals surface area contributed by atoms with Gasteiger partial charge in [-0.05, 0) is 103 Å². The fourth-order valence-corrected chi connectivity index (χ4v) is 7.75. The van der Waals surface area contributed by atoms with Crippen LogP contribution in [0.15, 0.2) is 158 Å². The zero-order valence-electron chi connectivity index (χ0n) is 27.5. The van der Waals surface area contributed by atoms with Crippen LogP contribution in [0, 0.1) is 19.8 Å². The van der Waals surface area contributed by atoms with Gasteiger partial charge in [0.15, 0.2) is 0 Å². The fourth-order valence-electron chi connectivity index (χ4n) is 7.75. The van der Waals surface area contributed by atoms with Crippen molar-refractivity contribution in [1.82, 2.24) is 0 Å². The van der Waals surface area contributed by atoms with Crippen LogP contribution in [0.25, 0.3) is 49.0 Å². The van der Waals surface area contributed by atoms with Crippen molar-refractivity contribution in [3.63, 3.8) is 0 Å². The van der Waals surface area contributed by atoms with Crippen LogP contribution >= 0.6 is 0 Å². The highest BCUT2D eigenvalue weighted by Crippen LogP contribution is 2.43. The van der Waals surface area contributed by atoms with Crippen molar-refractivity contribution in [2.75, 3.05) is 6.54 Å². The summed E-state index contributed by atoms with van der Waals surface area (Å²) < 4.78 is 0. The van der Waals surface area contributed by atoms with Gasteiger partial charge in [0.05, 0.1) is 0 Å². The molecule has 0 amide bonds. The summed E-state index contributed by atoms with van der Waals surface area (Å²) >= 11 is 0. The maximum absolute atomic E-state index is 6.89. The Kier molecular flexibility index (Phi) is 8.10. The molecule has 230 valence electrons. The van der Waals surface area contributed by atoms with Gasteiger partial charge in [-0.25, -0.2) is 0 Å². The maximum Gasteiger partial charge on any atom is 0.0385 e. The van der Waals surface area contributed by atoms with Crippen molar-refractivity contribution < 1.29 is 0 Å². The Balaban J connectivity index is 1.38. The van der Waals surface area contributed by atoms with Crippen LogP contribution in [0.2, 0.25) is 0 Å². The molecule has 1 nitrogen and oxygen atoms in total. The minimum absolute atomic E-state index is 0.0654. The van der Waals surface area contributed by atoms with Crippen LogP contribution in [-0.2, 0) is 5.41 Å². The molecule has 0 saturated carbocycles. The van der Waals surface area contributed by atoms with E-state index in [9.17, 15) is 0 Å². The molecule has 1 heteroatoms. The quantitative estimate of drug-likeness (QED) is 0.135. The lowest BCUT2D eigenvalue weighted by atomic mass is 9.65. The molecule has 0 aliphatic carbocycles. The minimum atomic E-state index is -0.440. The van der Waals surface area contributed by atoms with E-state index in [2.05, 4.69) is 173 Å². The van der Waals surface area contributed by atoms with Crippen LogP contribution < -0.4 is 5.73 Å². The Morgan fingerprint density at radius 2 is 1.15 bits per heavy atom. The lowest BCUT2D eigenvalue weighted by molar-refractivity contribution is 0.416. The van der Waals surface area contributed by atoms with Gasteiger partial charge >= 0.3 is 0 Å². The highest BCUT2D eigenvalue weighted by Gasteiger charge is 2.38. The third kappa shape index (κ3) is 5.18. The Labute approximate surface area is 278 Å². The van der Waals surface area contributed by atoms with Crippen LogP contribution in [-0.4, -0.2) is 6.54 Å². The summed E-state index contributed by atoms with van der Waals surface area (Å²) in [5, 5.41) is 7.64. The van der Waals surface area contributed by atoms with E-state index >= 15 is 0 Å². The average Bonchev–Trinajstić information content (AvgIpc) is 3.12. The Hall–Kier alpha value is -5.24. The topological polar surface area (TPSA) is 26.0 Å². The third-order valence-corrected chi connectivity index (χ3v) is 10.3. The number of rotatable bonds is 8. The van der Waals surface area contributed by atoms with Crippen molar-refractivity contribution in [3.05, 3.63) is 186 Å². The summed E-state index contributed by atoms with van der Waals surface area (Å²) in [6.45, 7) is 11.5. The molecule has 0 saturated heterocycles. The van der Waals surface area contributed by atoms with Crippen LogP contribution in [0.5, 0.6) is 0 Å². The molecule has 7 aromatic carbocycles. The number of nitrogens with two attached hydrogens (primary N) is 1. The lowest BCUT2D eigenvalue weighted by Crippen LogP contribution is -2.42. The molecule has 0 bridgehead atoms. The molecule has 0 aliphatic heterocycles. The standard InChI is InChI=1S/C46H41N/c1-5-34(35-23-25-44-42-21-12-11-19-40(42)41-20-13-14-22-43(41)45(44)29-35)28-33(4)46(30-47,36-16-7-6-8-17-36)37-24-26-39(32(3)27-37)38-18-10-9-15-31(38)2/h5-29,33H,1,30,47H2,2-4H3/b34-28+. The molecule has 0 heterocycles. The summed E-state index contributed by atoms with van der Waals surface area (Å²) in [6, 6.07) is 50.6. The van der Waals surface area contributed by atoms with Crippen molar-refractivity contribution in [2.45, 2.75) is 26.2 Å². The van der Waals surface area contributed by atoms with Crippen LogP contribution in [0.3, 0.4) is 0 Å². The zero-order valence-corrected chi connectivity index (χ0v) is 27.5. The number of aryl methyl sites for hydroxylation is 2. The third-order valence-electron chi connectivity index (χ3n) is 10.3. The number of hydrogen-bond acceptors (Lipinski definition) is 1. The highest BCUT2D eigenvalue weighted by atomic mass is 14.6. The van der Waals surface area contributed by atoms with Gasteiger partial charge in [-0.3, -0.25) is 0 Å². The van der Waals surface area contributed by atoms with Crippen LogP contribution in [0.4, 0.5) is 0 Å². The molecular formula is C46H41N. The highest BCUT2D eigenvalue weighted by molar-refractivity contribution is 6.25. The van der Waals surface area contributed by atoms with Crippen molar-refractivity contribution in [2.24, 2.45) is 11.7 Å². The van der Waals surface area contributed by atoms with E-state index in [4.69, 9.17) is 5.73 Å². The molecule has 2 atom stereocenters. The van der Waals surface area contributed by atoms with Gasteiger partial charge in [0.1, 0.15) is 0 Å². The molecule has 0 aromatic heterocycles. The van der Waals surface area contributed by atoms with Crippen molar-refractivity contribution in [3.8, 4) is 11.1 Å². The first-order chi connectivity index (χ1) is 23.0.